The molecule has 3 heterocycles. The topological polar surface area (TPSA) is 86.0 Å². The number of nitrogens with one attached hydrogen (secondary N) is 1. The average Bonchev–Trinajstić information content (AvgIpc) is 3.09. The van der Waals surface area contributed by atoms with Gasteiger partial charge in [-0.05, 0) is 12.1 Å². The molecule has 1 aliphatic rings. The van der Waals surface area contributed by atoms with Crippen molar-refractivity contribution in [3.8, 4) is 5.75 Å². The normalized spacial score (nSPS) is 18.9. The summed E-state index contributed by atoms with van der Waals surface area (Å²) in [6.07, 6.45) is 2.62. The van der Waals surface area contributed by atoms with Gasteiger partial charge in [0.1, 0.15) is 17.4 Å². The van der Waals surface area contributed by atoms with Crippen LogP contribution < -0.4 is 10.5 Å². The molecular formula is C14H14N4O2. The van der Waals surface area contributed by atoms with Crippen LogP contribution in [0.2, 0.25) is 0 Å². The van der Waals surface area contributed by atoms with Gasteiger partial charge in [0, 0.05) is 6.42 Å². The van der Waals surface area contributed by atoms with Crippen LogP contribution in [0.15, 0.2) is 24.5 Å². The van der Waals surface area contributed by atoms with E-state index in [0.29, 0.717) is 17.9 Å². The Morgan fingerprint density at radius 3 is 3.20 bits per heavy atom. The maximum absolute atomic E-state index is 6.05. The summed E-state index contributed by atoms with van der Waals surface area (Å²) in [5.74, 6) is 1.22. The highest BCUT2D eigenvalue weighted by molar-refractivity contribution is 6.08. The number of hydrogen-bond donors (Lipinski definition) is 2. The number of nitrogens with two attached hydrogens (primary N) is 1. The first-order valence-electron chi connectivity index (χ1n) is 6.58. The zero-order chi connectivity index (χ0) is 13.5. The second-order valence-electron chi connectivity index (χ2n) is 4.88. The van der Waals surface area contributed by atoms with Crippen molar-refractivity contribution < 1.29 is 9.47 Å². The van der Waals surface area contributed by atoms with E-state index >= 15 is 0 Å². The van der Waals surface area contributed by atoms with Crippen LogP contribution in [0.3, 0.4) is 0 Å². The minimum absolute atomic E-state index is 0.0936. The lowest BCUT2D eigenvalue weighted by molar-refractivity contribution is 0.142. The van der Waals surface area contributed by atoms with Crippen LogP contribution in [-0.4, -0.2) is 34.3 Å². The number of hydrogen-bond acceptors (Lipinski definition) is 5. The van der Waals surface area contributed by atoms with Crippen molar-refractivity contribution >= 4 is 27.8 Å². The third kappa shape index (κ3) is 1.69. The fourth-order valence-corrected chi connectivity index (χ4v) is 2.61. The molecule has 4 rings (SSSR count). The van der Waals surface area contributed by atoms with E-state index in [0.717, 1.165) is 35.2 Å². The number of aromatic amines is 1. The molecule has 0 radical (unpaired) electrons. The molecule has 0 spiro atoms. The average molecular weight is 270 g/mol. The van der Waals surface area contributed by atoms with Crippen molar-refractivity contribution in [3.05, 3.63) is 24.5 Å². The van der Waals surface area contributed by atoms with Crippen LogP contribution in [0, 0.1) is 0 Å². The largest absolute Gasteiger partial charge is 0.487 e. The third-order valence-corrected chi connectivity index (χ3v) is 3.56. The summed E-state index contributed by atoms with van der Waals surface area (Å²) < 4.78 is 11.4. The second kappa shape index (κ2) is 4.35. The lowest BCUT2D eigenvalue weighted by Gasteiger charge is -2.14. The lowest BCUT2D eigenvalue weighted by atomic mass is 10.1. The minimum atomic E-state index is 0.0936. The highest BCUT2D eigenvalue weighted by Crippen LogP contribution is 2.33. The Kier molecular flexibility index (Phi) is 2.50. The minimum Gasteiger partial charge on any atom is -0.487 e. The monoisotopic (exact) mass is 270 g/mol. The predicted octanol–water partition coefficient (Wildman–Crippen LogP) is 1.86. The van der Waals surface area contributed by atoms with Gasteiger partial charge in [0.2, 0.25) is 0 Å². The first-order chi connectivity index (χ1) is 9.83. The van der Waals surface area contributed by atoms with Gasteiger partial charge in [0.15, 0.2) is 5.82 Å². The van der Waals surface area contributed by atoms with Crippen molar-refractivity contribution in [2.24, 2.45) is 0 Å². The highest BCUT2D eigenvalue weighted by Gasteiger charge is 2.20. The molecule has 2 aromatic heterocycles. The molecule has 102 valence electrons. The van der Waals surface area contributed by atoms with Gasteiger partial charge in [-0.2, -0.15) is 0 Å². The molecule has 0 aliphatic carbocycles. The van der Waals surface area contributed by atoms with E-state index in [4.69, 9.17) is 15.2 Å². The smallest absolute Gasteiger partial charge is 0.152 e. The van der Waals surface area contributed by atoms with Crippen LogP contribution in [0.5, 0.6) is 5.75 Å². The van der Waals surface area contributed by atoms with Gasteiger partial charge in [-0.15, -0.1) is 0 Å². The molecule has 0 saturated carbocycles. The number of fused-ring (bicyclic) bond motifs is 3. The van der Waals surface area contributed by atoms with Gasteiger partial charge < -0.3 is 20.2 Å². The number of anilines is 1. The van der Waals surface area contributed by atoms with Gasteiger partial charge in [-0.3, -0.25) is 0 Å². The fraction of sp³-hybridized carbons (Fsp3) is 0.286. The predicted molar refractivity (Wildman–Crippen MR) is 75.7 cm³/mol. The number of aromatic nitrogens is 3. The van der Waals surface area contributed by atoms with Crippen LogP contribution in [0.4, 0.5) is 5.82 Å². The molecule has 20 heavy (non-hydrogen) atoms. The highest BCUT2D eigenvalue weighted by atomic mass is 16.5. The maximum atomic E-state index is 6.05. The van der Waals surface area contributed by atoms with Crippen LogP contribution >= 0.6 is 0 Å². The van der Waals surface area contributed by atoms with Crippen molar-refractivity contribution in [1.82, 2.24) is 15.0 Å². The van der Waals surface area contributed by atoms with Gasteiger partial charge in [0.25, 0.3) is 0 Å². The number of nitrogen functional groups attached to an aromatic ring is 1. The number of imidazole rings is 1. The third-order valence-electron chi connectivity index (χ3n) is 3.56. The molecule has 1 atom stereocenters. The first-order valence-corrected chi connectivity index (χ1v) is 6.58. The quantitative estimate of drug-likeness (QED) is 0.742. The van der Waals surface area contributed by atoms with E-state index in [1.165, 1.54) is 0 Å². The van der Waals surface area contributed by atoms with E-state index in [9.17, 15) is 0 Å². The number of nitrogens with zero attached hydrogens (tertiary/aromatic N) is 2. The van der Waals surface area contributed by atoms with E-state index in [1.807, 2.05) is 18.2 Å². The van der Waals surface area contributed by atoms with E-state index in [1.54, 1.807) is 6.33 Å². The number of benzene rings is 1. The van der Waals surface area contributed by atoms with E-state index in [2.05, 4.69) is 15.0 Å². The zero-order valence-electron chi connectivity index (χ0n) is 10.8. The van der Waals surface area contributed by atoms with E-state index < -0.39 is 0 Å². The number of ether oxygens (including phenoxy) is 2. The van der Waals surface area contributed by atoms with Gasteiger partial charge >= 0.3 is 0 Å². The summed E-state index contributed by atoms with van der Waals surface area (Å²) in [5.41, 5.74) is 8.27. The SMILES string of the molecule is Nc1nc2cccc(OC3CCOC3)c2c2[nH]cnc12. The van der Waals surface area contributed by atoms with Crippen molar-refractivity contribution in [2.45, 2.75) is 12.5 Å². The summed E-state index contributed by atoms with van der Waals surface area (Å²) in [6, 6.07) is 5.78. The van der Waals surface area contributed by atoms with Gasteiger partial charge in [0.05, 0.1) is 36.0 Å². The molecule has 0 bridgehead atoms. The Morgan fingerprint density at radius 1 is 1.40 bits per heavy atom. The Bertz CT molecular complexity index is 777. The number of pyridine rings is 1. The molecular weight excluding hydrogens is 256 g/mol. The second-order valence-corrected chi connectivity index (χ2v) is 4.88. The van der Waals surface area contributed by atoms with Crippen molar-refractivity contribution in [3.63, 3.8) is 0 Å². The summed E-state index contributed by atoms with van der Waals surface area (Å²) in [4.78, 5) is 11.7. The Hall–Kier alpha value is -2.34. The molecule has 3 aromatic rings. The maximum Gasteiger partial charge on any atom is 0.152 e. The molecule has 1 aromatic carbocycles. The summed E-state index contributed by atoms with van der Waals surface area (Å²) in [6.45, 7) is 1.38. The molecule has 1 aliphatic heterocycles. The summed E-state index contributed by atoms with van der Waals surface area (Å²) in [5, 5.41) is 0.918. The Morgan fingerprint density at radius 2 is 2.35 bits per heavy atom. The van der Waals surface area contributed by atoms with Crippen LogP contribution in [0.25, 0.3) is 21.9 Å². The molecule has 3 N–H and O–H groups in total. The molecule has 1 fully saturated rings. The first kappa shape index (κ1) is 11.5. The summed E-state index contributed by atoms with van der Waals surface area (Å²) >= 11 is 0. The van der Waals surface area contributed by atoms with Crippen LogP contribution in [-0.2, 0) is 4.74 Å². The summed E-state index contributed by atoms with van der Waals surface area (Å²) in [7, 11) is 0. The lowest BCUT2D eigenvalue weighted by Crippen LogP contribution is -2.15. The van der Waals surface area contributed by atoms with Crippen molar-refractivity contribution in [1.29, 1.82) is 0 Å². The Labute approximate surface area is 114 Å². The molecule has 1 saturated heterocycles. The van der Waals surface area contributed by atoms with E-state index in [-0.39, 0.29) is 6.10 Å². The number of H-pyrrole nitrogens is 1. The zero-order valence-corrected chi connectivity index (χ0v) is 10.8. The van der Waals surface area contributed by atoms with Crippen molar-refractivity contribution in [2.75, 3.05) is 18.9 Å². The van der Waals surface area contributed by atoms with Crippen LogP contribution in [0.1, 0.15) is 6.42 Å². The standard InChI is InChI=1S/C14H14N4O2/c15-14-13-12(16-7-17-13)11-9(18-14)2-1-3-10(11)20-8-4-5-19-6-8/h1-3,7-8H,4-6H2,(H2,15,18)(H,16,17). The van der Waals surface area contributed by atoms with Gasteiger partial charge in [-0.1, -0.05) is 6.07 Å². The molecule has 0 amide bonds. The number of rotatable bonds is 2. The Balaban J connectivity index is 1.93. The molecule has 1 unspecified atom stereocenters. The fourth-order valence-electron chi connectivity index (χ4n) is 2.61. The molecule has 6 nitrogen and oxygen atoms in total. The van der Waals surface area contributed by atoms with Gasteiger partial charge in [-0.25, -0.2) is 9.97 Å². The molecule has 6 heteroatoms.